The second-order valence-electron chi connectivity index (χ2n) is 7.70. The molecule has 0 saturated heterocycles. The van der Waals surface area contributed by atoms with E-state index in [1.54, 1.807) is 5.57 Å². The molecule has 1 aliphatic carbocycles. The Bertz CT molecular complexity index is 707. The van der Waals surface area contributed by atoms with Crippen LogP contribution in [-0.2, 0) is 12.8 Å². The summed E-state index contributed by atoms with van der Waals surface area (Å²) in [6.07, 6.45) is 6.06. The molecule has 4 rings (SSSR count). The zero-order chi connectivity index (χ0) is 15.9. The van der Waals surface area contributed by atoms with Crippen molar-refractivity contribution in [3.05, 3.63) is 82.4 Å². The Kier molecular flexibility index (Phi) is 3.61. The second-order valence-corrected chi connectivity index (χ2v) is 7.70. The van der Waals surface area contributed by atoms with Crippen LogP contribution in [0.2, 0.25) is 0 Å². The van der Waals surface area contributed by atoms with Gasteiger partial charge in [0, 0.05) is 12.3 Å². The molecule has 0 aromatic heterocycles. The van der Waals surface area contributed by atoms with Crippen molar-refractivity contribution in [2.45, 2.75) is 25.2 Å². The van der Waals surface area contributed by atoms with Crippen molar-refractivity contribution < 1.29 is 4.48 Å². The molecule has 2 aliphatic rings. The molecule has 1 heterocycles. The van der Waals surface area contributed by atoms with E-state index in [0.29, 0.717) is 5.92 Å². The van der Waals surface area contributed by atoms with Crippen molar-refractivity contribution in [2.24, 2.45) is 0 Å². The van der Waals surface area contributed by atoms with Crippen LogP contribution in [0.5, 0.6) is 0 Å². The molecule has 1 heteroatoms. The monoisotopic (exact) mass is 304 g/mol. The van der Waals surface area contributed by atoms with Gasteiger partial charge in [-0.25, -0.2) is 0 Å². The fraction of sp³-hybridized carbons (Fsp3) is 0.364. The van der Waals surface area contributed by atoms with E-state index < -0.39 is 0 Å². The summed E-state index contributed by atoms with van der Waals surface area (Å²) < 4.78 is 1.11. The maximum atomic E-state index is 2.52. The number of quaternary nitrogens is 1. The summed E-state index contributed by atoms with van der Waals surface area (Å²) >= 11 is 0. The summed E-state index contributed by atoms with van der Waals surface area (Å²) in [5.41, 5.74) is 7.78. The fourth-order valence-electron chi connectivity index (χ4n) is 4.17. The summed E-state index contributed by atoms with van der Waals surface area (Å²) in [5.74, 6) is 0.463. The summed E-state index contributed by atoms with van der Waals surface area (Å²) in [6, 6.07) is 18.2. The third-order valence-electron chi connectivity index (χ3n) is 5.62. The number of fused-ring (bicyclic) bond motifs is 2. The molecule has 2 aromatic carbocycles. The number of likely N-dealkylation sites (N-methyl/N-ethyl adjacent to an activating group) is 1. The first-order chi connectivity index (χ1) is 11.1. The maximum Gasteiger partial charge on any atom is 0.0972 e. The summed E-state index contributed by atoms with van der Waals surface area (Å²) in [7, 11) is 4.67. The van der Waals surface area contributed by atoms with Crippen molar-refractivity contribution in [2.75, 3.05) is 27.2 Å². The maximum absolute atomic E-state index is 2.52. The van der Waals surface area contributed by atoms with Crippen LogP contribution in [0.4, 0.5) is 0 Å². The Hall–Kier alpha value is -1.86. The average molecular weight is 304 g/mol. The number of aryl methyl sites for hydroxylation is 2. The van der Waals surface area contributed by atoms with Gasteiger partial charge in [-0.05, 0) is 41.2 Å². The van der Waals surface area contributed by atoms with Gasteiger partial charge in [-0.15, -0.1) is 0 Å². The van der Waals surface area contributed by atoms with Crippen LogP contribution >= 0.6 is 0 Å². The lowest BCUT2D eigenvalue weighted by Crippen LogP contribution is -2.43. The van der Waals surface area contributed by atoms with E-state index >= 15 is 0 Å². The topological polar surface area (TPSA) is 0 Å². The molecule has 0 saturated carbocycles. The highest BCUT2D eigenvalue weighted by atomic mass is 15.3. The molecule has 0 spiro atoms. The Labute approximate surface area is 139 Å². The molecule has 118 valence electrons. The summed E-state index contributed by atoms with van der Waals surface area (Å²) in [5, 5.41) is 0. The largest absolute Gasteiger partial charge is 0.325 e. The molecule has 0 amide bonds. The highest BCUT2D eigenvalue weighted by Gasteiger charge is 2.30. The van der Waals surface area contributed by atoms with Gasteiger partial charge in [0.1, 0.15) is 0 Å². The second kappa shape index (κ2) is 5.65. The summed E-state index contributed by atoms with van der Waals surface area (Å²) in [4.78, 5) is 0. The minimum absolute atomic E-state index is 0.463. The summed E-state index contributed by atoms with van der Waals surface area (Å²) in [6.45, 7) is 2.39. The SMILES string of the molecule is C[N+]1(C)CC=C(C2c3ccccc3CCc3ccccc32)CC1. The van der Waals surface area contributed by atoms with E-state index in [1.165, 1.54) is 48.1 Å². The number of rotatable bonds is 1. The van der Waals surface area contributed by atoms with Gasteiger partial charge in [0.05, 0.1) is 27.2 Å². The van der Waals surface area contributed by atoms with E-state index in [9.17, 15) is 0 Å². The molecule has 0 radical (unpaired) electrons. The lowest BCUT2D eigenvalue weighted by atomic mass is 9.80. The van der Waals surface area contributed by atoms with Gasteiger partial charge in [-0.2, -0.15) is 0 Å². The Balaban J connectivity index is 1.86. The van der Waals surface area contributed by atoms with E-state index in [1.807, 2.05) is 0 Å². The molecule has 23 heavy (non-hydrogen) atoms. The standard InChI is InChI=1S/C22H26N/c1-23(2)15-13-19(14-16-23)22-20-9-5-3-7-17(20)11-12-18-8-4-6-10-21(18)22/h3-10,13,22H,11-12,14-16H2,1-2H3/q+1. The number of nitrogens with zero attached hydrogens (tertiary/aromatic N) is 1. The predicted octanol–water partition coefficient (Wildman–Crippen LogP) is 4.32. The first-order valence-electron chi connectivity index (χ1n) is 8.81. The smallest absolute Gasteiger partial charge is 0.0972 e. The normalized spacial score (nSPS) is 20.2. The lowest BCUT2D eigenvalue weighted by molar-refractivity contribution is -0.886. The molecule has 0 unspecified atom stereocenters. The molecule has 1 aliphatic heterocycles. The highest BCUT2D eigenvalue weighted by molar-refractivity contribution is 5.50. The van der Waals surface area contributed by atoms with Crippen LogP contribution < -0.4 is 0 Å². The predicted molar refractivity (Wildman–Crippen MR) is 96.7 cm³/mol. The molecule has 1 nitrogen and oxygen atoms in total. The third kappa shape index (κ3) is 2.74. The van der Waals surface area contributed by atoms with Crippen LogP contribution in [0, 0.1) is 0 Å². The molecule has 0 N–H and O–H groups in total. The van der Waals surface area contributed by atoms with Gasteiger partial charge in [0.25, 0.3) is 0 Å². The molecular weight excluding hydrogens is 278 g/mol. The number of hydrogen-bond acceptors (Lipinski definition) is 0. The Morgan fingerprint density at radius 2 is 1.35 bits per heavy atom. The van der Waals surface area contributed by atoms with Crippen LogP contribution in [0.3, 0.4) is 0 Å². The van der Waals surface area contributed by atoms with Gasteiger partial charge in [-0.3, -0.25) is 0 Å². The zero-order valence-electron chi connectivity index (χ0n) is 14.3. The minimum atomic E-state index is 0.463. The molecule has 0 fully saturated rings. The van der Waals surface area contributed by atoms with Crippen LogP contribution in [0.25, 0.3) is 0 Å². The van der Waals surface area contributed by atoms with Gasteiger partial charge in [0.2, 0.25) is 0 Å². The zero-order valence-corrected chi connectivity index (χ0v) is 14.3. The quantitative estimate of drug-likeness (QED) is 0.543. The molecule has 0 bridgehead atoms. The molecular formula is C22H26N+. The van der Waals surface area contributed by atoms with Crippen LogP contribution in [0.15, 0.2) is 60.2 Å². The van der Waals surface area contributed by atoms with E-state index in [-0.39, 0.29) is 0 Å². The Morgan fingerprint density at radius 1 is 0.783 bits per heavy atom. The number of benzene rings is 2. The lowest BCUT2D eigenvalue weighted by Gasteiger charge is -2.35. The van der Waals surface area contributed by atoms with E-state index in [2.05, 4.69) is 68.7 Å². The molecule has 0 atom stereocenters. The molecule has 2 aromatic rings. The number of hydrogen-bond donors (Lipinski definition) is 0. The van der Waals surface area contributed by atoms with Crippen molar-refractivity contribution in [1.29, 1.82) is 0 Å². The van der Waals surface area contributed by atoms with Gasteiger partial charge >= 0.3 is 0 Å². The Morgan fingerprint density at radius 3 is 1.87 bits per heavy atom. The first kappa shape index (κ1) is 14.7. The van der Waals surface area contributed by atoms with Gasteiger partial charge < -0.3 is 4.48 Å². The van der Waals surface area contributed by atoms with Crippen molar-refractivity contribution in [3.8, 4) is 0 Å². The van der Waals surface area contributed by atoms with Gasteiger partial charge in [0.15, 0.2) is 0 Å². The van der Waals surface area contributed by atoms with Crippen LogP contribution in [-0.4, -0.2) is 31.7 Å². The average Bonchev–Trinajstić information content (AvgIpc) is 2.72. The van der Waals surface area contributed by atoms with E-state index in [4.69, 9.17) is 0 Å². The van der Waals surface area contributed by atoms with E-state index in [0.717, 1.165) is 11.0 Å². The van der Waals surface area contributed by atoms with Crippen LogP contribution in [0.1, 0.15) is 34.6 Å². The third-order valence-corrected chi connectivity index (χ3v) is 5.62. The fourth-order valence-corrected chi connectivity index (χ4v) is 4.17. The minimum Gasteiger partial charge on any atom is -0.325 e. The van der Waals surface area contributed by atoms with Crippen molar-refractivity contribution in [3.63, 3.8) is 0 Å². The first-order valence-corrected chi connectivity index (χ1v) is 8.81. The highest BCUT2D eigenvalue weighted by Crippen LogP contribution is 2.41. The van der Waals surface area contributed by atoms with Gasteiger partial charge in [-0.1, -0.05) is 54.1 Å². The van der Waals surface area contributed by atoms with Crippen molar-refractivity contribution in [1.82, 2.24) is 0 Å². The van der Waals surface area contributed by atoms with Crippen molar-refractivity contribution >= 4 is 0 Å².